The molecular formula is C10H14N4O5S. The van der Waals surface area contributed by atoms with Crippen LogP contribution in [0.4, 0.5) is 10.5 Å². The van der Waals surface area contributed by atoms with Gasteiger partial charge in [-0.1, -0.05) is 0 Å². The van der Waals surface area contributed by atoms with Crippen LogP contribution in [0.1, 0.15) is 10.4 Å². The van der Waals surface area contributed by atoms with Crippen molar-refractivity contribution in [1.82, 2.24) is 4.72 Å². The summed E-state index contributed by atoms with van der Waals surface area (Å²) in [5.74, 6) is -0.719. The second-order valence-corrected chi connectivity index (χ2v) is 5.42. The van der Waals surface area contributed by atoms with Gasteiger partial charge in [0.05, 0.1) is 5.69 Å². The average molecular weight is 302 g/mol. The number of carbonyl (C=O) groups excluding carboxylic acids is 2. The van der Waals surface area contributed by atoms with E-state index in [4.69, 9.17) is 17.2 Å². The first-order valence-corrected chi connectivity index (χ1v) is 6.83. The fourth-order valence-corrected chi connectivity index (χ4v) is 2.48. The maximum absolute atomic E-state index is 11.9. The molecule has 20 heavy (non-hydrogen) atoms. The fraction of sp³-hybridized carbons (Fsp3) is 0.200. The fourth-order valence-electron chi connectivity index (χ4n) is 1.35. The molecule has 2 amide bonds. The van der Waals surface area contributed by atoms with E-state index in [9.17, 15) is 18.0 Å². The Hall–Kier alpha value is -2.33. The van der Waals surface area contributed by atoms with Crippen molar-refractivity contribution in [2.24, 2.45) is 11.5 Å². The number of primary amides is 2. The number of sulfonamides is 1. The van der Waals surface area contributed by atoms with Crippen molar-refractivity contribution >= 4 is 27.7 Å². The Morgan fingerprint density at radius 2 is 1.90 bits per heavy atom. The zero-order chi connectivity index (χ0) is 15.3. The van der Waals surface area contributed by atoms with E-state index < -0.39 is 22.0 Å². The van der Waals surface area contributed by atoms with Gasteiger partial charge >= 0.3 is 6.09 Å². The highest BCUT2D eigenvalue weighted by atomic mass is 32.2. The van der Waals surface area contributed by atoms with Crippen molar-refractivity contribution in [1.29, 1.82) is 0 Å². The van der Waals surface area contributed by atoms with Crippen LogP contribution in [0, 0.1) is 0 Å². The molecule has 0 unspecified atom stereocenters. The molecule has 0 atom stereocenters. The van der Waals surface area contributed by atoms with E-state index in [2.05, 4.69) is 9.46 Å². The normalized spacial score (nSPS) is 11.0. The Morgan fingerprint density at radius 3 is 2.40 bits per heavy atom. The predicted molar refractivity (Wildman–Crippen MR) is 70.1 cm³/mol. The molecule has 0 bridgehead atoms. The SMILES string of the molecule is NC(=O)OCCNS(=O)(=O)c1ccc(C(N)=O)cc1N. The van der Waals surface area contributed by atoms with Gasteiger partial charge in [-0.3, -0.25) is 4.79 Å². The van der Waals surface area contributed by atoms with E-state index in [0.29, 0.717) is 0 Å². The van der Waals surface area contributed by atoms with E-state index in [1.807, 2.05) is 0 Å². The highest BCUT2D eigenvalue weighted by Crippen LogP contribution is 2.19. The number of nitrogens with two attached hydrogens (primary N) is 3. The number of carbonyl (C=O) groups is 2. The molecule has 110 valence electrons. The van der Waals surface area contributed by atoms with Gasteiger partial charge in [0.1, 0.15) is 11.5 Å². The van der Waals surface area contributed by atoms with Crippen molar-refractivity contribution in [3.8, 4) is 0 Å². The summed E-state index contributed by atoms with van der Waals surface area (Å²) in [7, 11) is -3.89. The Bertz CT molecular complexity index is 629. The van der Waals surface area contributed by atoms with Crippen molar-refractivity contribution in [2.45, 2.75) is 4.90 Å². The molecule has 1 rings (SSSR count). The second kappa shape index (κ2) is 6.21. The first-order valence-electron chi connectivity index (χ1n) is 5.35. The van der Waals surface area contributed by atoms with Gasteiger partial charge in [-0.15, -0.1) is 0 Å². The van der Waals surface area contributed by atoms with Crippen LogP contribution in [-0.2, 0) is 14.8 Å². The van der Waals surface area contributed by atoms with Gasteiger partial charge in [0.15, 0.2) is 0 Å². The smallest absolute Gasteiger partial charge is 0.404 e. The van der Waals surface area contributed by atoms with Crippen LogP contribution < -0.4 is 21.9 Å². The van der Waals surface area contributed by atoms with E-state index >= 15 is 0 Å². The Kier molecular flexibility index (Phi) is 4.88. The first kappa shape index (κ1) is 15.7. The number of nitrogens with one attached hydrogen (secondary N) is 1. The van der Waals surface area contributed by atoms with Crippen LogP contribution >= 0.6 is 0 Å². The zero-order valence-corrected chi connectivity index (χ0v) is 11.1. The standard InChI is InChI=1S/C10H14N4O5S/c11-7-5-6(9(12)15)1-2-8(7)20(17,18)14-3-4-19-10(13)16/h1-2,5,14H,3-4,11H2,(H2,12,15)(H2,13,16). The molecule has 9 nitrogen and oxygen atoms in total. The van der Waals surface area contributed by atoms with Crippen LogP contribution in [0.5, 0.6) is 0 Å². The molecule has 0 aliphatic heterocycles. The highest BCUT2D eigenvalue weighted by Gasteiger charge is 2.18. The lowest BCUT2D eigenvalue weighted by molar-refractivity contribution is 0.1000. The van der Waals surface area contributed by atoms with Gasteiger partial charge in [0, 0.05) is 12.1 Å². The Labute approximate surface area is 115 Å². The van der Waals surface area contributed by atoms with Crippen molar-refractivity contribution in [3.05, 3.63) is 23.8 Å². The molecule has 0 heterocycles. The number of benzene rings is 1. The van der Waals surface area contributed by atoms with Gasteiger partial charge in [-0.05, 0) is 18.2 Å². The summed E-state index contributed by atoms with van der Waals surface area (Å²) >= 11 is 0. The van der Waals surface area contributed by atoms with Gasteiger partial charge < -0.3 is 21.9 Å². The lowest BCUT2D eigenvalue weighted by Crippen LogP contribution is -2.29. The summed E-state index contributed by atoms with van der Waals surface area (Å²) < 4.78 is 30.3. The lowest BCUT2D eigenvalue weighted by atomic mass is 10.2. The van der Waals surface area contributed by atoms with E-state index in [-0.39, 0.29) is 29.3 Å². The molecule has 1 aromatic carbocycles. The summed E-state index contributed by atoms with van der Waals surface area (Å²) in [6.07, 6.45) is -1.01. The van der Waals surface area contributed by atoms with Crippen molar-refractivity contribution in [2.75, 3.05) is 18.9 Å². The number of nitrogen functional groups attached to an aromatic ring is 1. The Balaban J connectivity index is 2.82. The second-order valence-electron chi connectivity index (χ2n) is 3.68. The molecule has 1 aromatic rings. The maximum atomic E-state index is 11.9. The van der Waals surface area contributed by atoms with Crippen molar-refractivity contribution in [3.63, 3.8) is 0 Å². The minimum Gasteiger partial charge on any atom is -0.448 e. The quantitative estimate of drug-likeness (QED) is 0.378. The molecule has 7 N–H and O–H groups in total. The molecular weight excluding hydrogens is 288 g/mol. The average Bonchev–Trinajstić information content (AvgIpc) is 2.34. The third-order valence-electron chi connectivity index (χ3n) is 2.22. The summed E-state index contributed by atoms with van der Waals surface area (Å²) in [4.78, 5) is 21.0. The minimum absolute atomic E-state index is 0.0958. The molecule has 0 aliphatic rings. The Morgan fingerprint density at radius 1 is 1.25 bits per heavy atom. The third-order valence-corrected chi connectivity index (χ3v) is 3.76. The van der Waals surface area contributed by atoms with E-state index in [1.165, 1.54) is 6.07 Å². The number of amides is 2. The maximum Gasteiger partial charge on any atom is 0.404 e. The first-order chi connectivity index (χ1) is 9.24. The summed E-state index contributed by atoms with van der Waals surface area (Å²) in [5, 5.41) is 0. The largest absolute Gasteiger partial charge is 0.448 e. The van der Waals surface area contributed by atoms with Gasteiger partial charge in [0.2, 0.25) is 15.9 Å². The number of hydrogen-bond donors (Lipinski definition) is 4. The van der Waals surface area contributed by atoms with Crippen LogP contribution in [0.25, 0.3) is 0 Å². The van der Waals surface area contributed by atoms with E-state index in [1.54, 1.807) is 0 Å². The van der Waals surface area contributed by atoms with Gasteiger partial charge in [-0.2, -0.15) is 0 Å². The van der Waals surface area contributed by atoms with E-state index in [0.717, 1.165) is 12.1 Å². The molecule has 0 spiro atoms. The molecule has 0 fully saturated rings. The zero-order valence-electron chi connectivity index (χ0n) is 10.3. The summed E-state index contributed by atoms with van der Waals surface area (Å²) in [6.45, 7) is -0.379. The predicted octanol–water partition coefficient (Wildman–Crippen LogP) is -1.26. The highest BCUT2D eigenvalue weighted by molar-refractivity contribution is 7.89. The number of ether oxygens (including phenoxy) is 1. The molecule has 0 radical (unpaired) electrons. The van der Waals surface area contributed by atoms with Gasteiger partial charge in [-0.25, -0.2) is 17.9 Å². The lowest BCUT2D eigenvalue weighted by Gasteiger charge is -2.09. The minimum atomic E-state index is -3.89. The number of rotatable bonds is 6. The number of hydrogen-bond acceptors (Lipinski definition) is 6. The topological polar surface area (TPSA) is 168 Å². The number of anilines is 1. The van der Waals surface area contributed by atoms with Crippen molar-refractivity contribution < 1.29 is 22.7 Å². The monoisotopic (exact) mass is 302 g/mol. The summed E-state index contributed by atoms with van der Waals surface area (Å²) in [6, 6.07) is 3.57. The molecule has 10 heteroatoms. The third kappa shape index (κ3) is 4.10. The van der Waals surface area contributed by atoms with Crippen LogP contribution in [0.15, 0.2) is 23.1 Å². The van der Waals surface area contributed by atoms with Crippen LogP contribution in [0.3, 0.4) is 0 Å². The van der Waals surface area contributed by atoms with Gasteiger partial charge in [0.25, 0.3) is 0 Å². The van der Waals surface area contributed by atoms with Crippen LogP contribution in [-0.4, -0.2) is 33.6 Å². The molecule has 0 aliphatic carbocycles. The van der Waals surface area contributed by atoms with Crippen LogP contribution in [0.2, 0.25) is 0 Å². The molecule has 0 aromatic heterocycles. The summed E-state index contributed by atoms with van der Waals surface area (Å²) in [5.41, 5.74) is 15.3. The molecule has 0 saturated heterocycles. The molecule has 0 saturated carbocycles.